The van der Waals surface area contributed by atoms with Gasteiger partial charge in [-0.15, -0.1) is 0 Å². The standard InChI is InChI=1S/C13H18O3/c1-2-3-4-5-13(15)16-10-11-6-8-12(14)9-7-11/h6-9,14H,2-5,10H2,1H3. The molecule has 88 valence electrons. The normalized spacial score (nSPS) is 10.1. The van der Waals surface area contributed by atoms with E-state index in [1.165, 1.54) is 0 Å². The van der Waals surface area contributed by atoms with Crippen LogP contribution in [0.15, 0.2) is 24.3 Å². The molecule has 1 N–H and O–H groups in total. The van der Waals surface area contributed by atoms with Crippen molar-refractivity contribution in [3.63, 3.8) is 0 Å². The Hall–Kier alpha value is -1.51. The number of carbonyl (C=O) groups is 1. The van der Waals surface area contributed by atoms with Gasteiger partial charge >= 0.3 is 5.97 Å². The van der Waals surface area contributed by atoms with E-state index in [9.17, 15) is 4.79 Å². The van der Waals surface area contributed by atoms with Crippen molar-refractivity contribution in [3.05, 3.63) is 29.8 Å². The molecule has 0 saturated heterocycles. The third-order valence-electron chi connectivity index (χ3n) is 2.32. The quantitative estimate of drug-likeness (QED) is 0.594. The summed E-state index contributed by atoms with van der Waals surface area (Å²) >= 11 is 0. The molecule has 0 bridgehead atoms. The van der Waals surface area contributed by atoms with Gasteiger partial charge in [-0.2, -0.15) is 0 Å². The largest absolute Gasteiger partial charge is 0.508 e. The summed E-state index contributed by atoms with van der Waals surface area (Å²) in [5.74, 6) is 0.0690. The zero-order valence-electron chi connectivity index (χ0n) is 9.61. The number of hydrogen-bond acceptors (Lipinski definition) is 3. The minimum absolute atomic E-state index is 0.151. The lowest BCUT2D eigenvalue weighted by atomic mass is 10.2. The zero-order chi connectivity index (χ0) is 11.8. The van der Waals surface area contributed by atoms with Crippen molar-refractivity contribution in [2.24, 2.45) is 0 Å². The summed E-state index contributed by atoms with van der Waals surface area (Å²) in [5.41, 5.74) is 0.890. The first-order valence-electron chi connectivity index (χ1n) is 5.66. The monoisotopic (exact) mass is 222 g/mol. The average Bonchev–Trinajstić information content (AvgIpc) is 2.29. The molecule has 0 aliphatic heterocycles. The average molecular weight is 222 g/mol. The van der Waals surface area contributed by atoms with Gasteiger partial charge in [0, 0.05) is 6.42 Å². The molecule has 3 heteroatoms. The van der Waals surface area contributed by atoms with E-state index in [2.05, 4.69) is 6.92 Å². The summed E-state index contributed by atoms with van der Waals surface area (Å²) in [6.45, 7) is 2.38. The van der Waals surface area contributed by atoms with E-state index in [1.807, 2.05) is 0 Å². The van der Waals surface area contributed by atoms with Gasteiger partial charge in [0.2, 0.25) is 0 Å². The fraction of sp³-hybridized carbons (Fsp3) is 0.462. The first kappa shape index (κ1) is 12.6. The van der Waals surface area contributed by atoms with E-state index in [-0.39, 0.29) is 18.3 Å². The molecular formula is C13H18O3. The van der Waals surface area contributed by atoms with Crippen LogP contribution < -0.4 is 0 Å². The minimum Gasteiger partial charge on any atom is -0.508 e. The van der Waals surface area contributed by atoms with E-state index in [0.29, 0.717) is 6.42 Å². The van der Waals surface area contributed by atoms with Crippen molar-refractivity contribution in [2.45, 2.75) is 39.2 Å². The van der Waals surface area contributed by atoms with Crippen LogP contribution in [0.4, 0.5) is 0 Å². The van der Waals surface area contributed by atoms with Gasteiger partial charge in [-0.05, 0) is 24.1 Å². The molecule has 16 heavy (non-hydrogen) atoms. The summed E-state index contributed by atoms with van der Waals surface area (Å²) in [5, 5.41) is 9.07. The van der Waals surface area contributed by atoms with Crippen molar-refractivity contribution in [2.75, 3.05) is 0 Å². The molecule has 0 spiro atoms. The highest BCUT2D eigenvalue weighted by atomic mass is 16.5. The highest BCUT2D eigenvalue weighted by molar-refractivity contribution is 5.69. The summed E-state index contributed by atoms with van der Waals surface area (Å²) in [6.07, 6.45) is 3.55. The summed E-state index contributed by atoms with van der Waals surface area (Å²) in [7, 11) is 0. The van der Waals surface area contributed by atoms with Crippen LogP contribution in [0, 0.1) is 0 Å². The van der Waals surface area contributed by atoms with E-state index in [0.717, 1.165) is 24.8 Å². The molecule has 1 rings (SSSR count). The van der Waals surface area contributed by atoms with Crippen LogP contribution >= 0.6 is 0 Å². The Morgan fingerprint density at radius 1 is 1.25 bits per heavy atom. The molecule has 1 aromatic carbocycles. The molecule has 0 aliphatic rings. The molecule has 0 unspecified atom stereocenters. The fourth-order valence-corrected chi connectivity index (χ4v) is 1.35. The number of aromatic hydroxyl groups is 1. The third-order valence-corrected chi connectivity index (χ3v) is 2.32. The molecule has 0 heterocycles. The number of carbonyl (C=O) groups excluding carboxylic acids is 1. The van der Waals surface area contributed by atoms with Gasteiger partial charge in [0.1, 0.15) is 12.4 Å². The second kappa shape index (κ2) is 6.88. The smallest absolute Gasteiger partial charge is 0.306 e. The summed E-state index contributed by atoms with van der Waals surface area (Å²) < 4.78 is 5.09. The van der Waals surface area contributed by atoms with Crippen LogP contribution in [0.5, 0.6) is 5.75 Å². The SMILES string of the molecule is CCCCCC(=O)OCc1ccc(O)cc1. The Morgan fingerprint density at radius 3 is 2.56 bits per heavy atom. The van der Waals surface area contributed by atoms with Crippen molar-refractivity contribution in [1.29, 1.82) is 0 Å². The zero-order valence-corrected chi connectivity index (χ0v) is 9.61. The Balaban J connectivity index is 2.23. The van der Waals surface area contributed by atoms with Gasteiger partial charge in [-0.25, -0.2) is 0 Å². The fourth-order valence-electron chi connectivity index (χ4n) is 1.35. The number of ether oxygens (including phenoxy) is 1. The lowest BCUT2D eigenvalue weighted by Gasteiger charge is -2.04. The predicted octanol–water partition coefficient (Wildman–Crippen LogP) is 3.02. The number of phenolic OH excluding ortho intramolecular Hbond substituents is 1. The lowest BCUT2D eigenvalue weighted by Crippen LogP contribution is -2.04. The van der Waals surface area contributed by atoms with Gasteiger partial charge in [0.05, 0.1) is 0 Å². The maximum Gasteiger partial charge on any atom is 0.306 e. The van der Waals surface area contributed by atoms with Gasteiger partial charge < -0.3 is 9.84 Å². The highest BCUT2D eigenvalue weighted by Gasteiger charge is 2.02. The molecule has 0 amide bonds. The molecule has 0 saturated carbocycles. The van der Waals surface area contributed by atoms with Crippen LogP contribution in [0.2, 0.25) is 0 Å². The molecule has 0 atom stereocenters. The van der Waals surface area contributed by atoms with E-state index < -0.39 is 0 Å². The Morgan fingerprint density at radius 2 is 1.94 bits per heavy atom. The van der Waals surface area contributed by atoms with Crippen molar-refractivity contribution >= 4 is 5.97 Å². The lowest BCUT2D eigenvalue weighted by molar-refractivity contribution is -0.145. The number of phenols is 1. The topological polar surface area (TPSA) is 46.5 Å². The Kier molecular flexibility index (Phi) is 5.40. The van der Waals surface area contributed by atoms with Crippen LogP contribution in [-0.2, 0) is 16.1 Å². The maximum atomic E-state index is 11.3. The third kappa shape index (κ3) is 4.82. The van der Waals surface area contributed by atoms with Gasteiger partial charge in [-0.3, -0.25) is 4.79 Å². The number of unbranched alkanes of at least 4 members (excludes halogenated alkanes) is 2. The molecule has 1 aromatic rings. The van der Waals surface area contributed by atoms with Crippen molar-refractivity contribution in [3.8, 4) is 5.75 Å². The van der Waals surface area contributed by atoms with Crippen LogP contribution in [-0.4, -0.2) is 11.1 Å². The van der Waals surface area contributed by atoms with Gasteiger partial charge in [-0.1, -0.05) is 31.9 Å². The number of hydrogen-bond donors (Lipinski definition) is 1. The molecule has 0 fully saturated rings. The Labute approximate surface area is 96.1 Å². The van der Waals surface area contributed by atoms with Crippen LogP contribution in [0.25, 0.3) is 0 Å². The maximum absolute atomic E-state index is 11.3. The van der Waals surface area contributed by atoms with Crippen LogP contribution in [0.1, 0.15) is 38.2 Å². The van der Waals surface area contributed by atoms with E-state index in [4.69, 9.17) is 9.84 Å². The first-order valence-corrected chi connectivity index (χ1v) is 5.66. The minimum atomic E-state index is -0.151. The molecule has 3 nitrogen and oxygen atoms in total. The van der Waals surface area contributed by atoms with Gasteiger partial charge in [0.15, 0.2) is 0 Å². The number of esters is 1. The van der Waals surface area contributed by atoms with Gasteiger partial charge in [0.25, 0.3) is 0 Å². The van der Waals surface area contributed by atoms with Crippen molar-refractivity contribution in [1.82, 2.24) is 0 Å². The molecule has 0 aromatic heterocycles. The number of rotatable bonds is 6. The van der Waals surface area contributed by atoms with Crippen LogP contribution in [0.3, 0.4) is 0 Å². The first-order chi connectivity index (χ1) is 7.72. The highest BCUT2D eigenvalue weighted by Crippen LogP contribution is 2.11. The molecule has 0 aliphatic carbocycles. The molecular weight excluding hydrogens is 204 g/mol. The Bertz CT molecular complexity index is 316. The second-order valence-electron chi connectivity index (χ2n) is 3.78. The molecule has 0 radical (unpaired) electrons. The summed E-state index contributed by atoms with van der Waals surface area (Å²) in [4.78, 5) is 11.3. The number of benzene rings is 1. The second-order valence-corrected chi connectivity index (χ2v) is 3.78. The summed E-state index contributed by atoms with van der Waals surface area (Å²) in [6, 6.07) is 6.66. The predicted molar refractivity (Wildman–Crippen MR) is 62.0 cm³/mol. The van der Waals surface area contributed by atoms with E-state index >= 15 is 0 Å². The van der Waals surface area contributed by atoms with Crippen molar-refractivity contribution < 1.29 is 14.6 Å². The van der Waals surface area contributed by atoms with E-state index in [1.54, 1.807) is 24.3 Å².